The fraction of sp³-hybridized carbons (Fsp3) is 0.762. The summed E-state index contributed by atoms with van der Waals surface area (Å²) >= 11 is 0. The Labute approximate surface area is 329 Å². The van der Waals surface area contributed by atoms with Crippen LogP contribution in [0.15, 0.2) is 24.3 Å². The predicted octanol–water partition coefficient (Wildman–Crippen LogP) is 6.00. The van der Waals surface area contributed by atoms with Gasteiger partial charge in [0.1, 0.15) is 37.6 Å². The van der Waals surface area contributed by atoms with Crippen LogP contribution in [0.25, 0.3) is 0 Å². The van der Waals surface area contributed by atoms with Crippen LogP contribution in [0.5, 0.6) is 0 Å². The molecule has 2 amide bonds. The van der Waals surface area contributed by atoms with Gasteiger partial charge in [0.2, 0.25) is 0 Å². The molecule has 0 heterocycles. The Morgan fingerprint density at radius 1 is 0.518 bits per heavy atom. The molecule has 0 aromatic rings. The highest BCUT2D eigenvalue weighted by atomic mass is 16.6. The van der Waals surface area contributed by atoms with Crippen LogP contribution in [0.3, 0.4) is 0 Å². The molecule has 8 bridgehead atoms. The van der Waals surface area contributed by atoms with Gasteiger partial charge in [0.05, 0.1) is 10.8 Å². The number of rotatable bonds is 19. The van der Waals surface area contributed by atoms with Gasteiger partial charge in [-0.2, -0.15) is 0 Å². The van der Waals surface area contributed by atoms with Crippen molar-refractivity contribution in [1.29, 1.82) is 0 Å². The maximum atomic E-state index is 13.3. The molecule has 0 radical (unpaired) electrons. The van der Waals surface area contributed by atoms with E-state index in [9.17, 15) is 28.8 Å². The smallest absolute Gasteiger partial charge is 0.407 e. The van der Waals surface area contributed by atoms with Gasteiger partial charge in [-0.15, -0.1) is 0 Å². The summed E-state index contributed by atoms with van der Waals surface area (Å²) in [4.78, 5) is 75.8. The van der Waals surface area contributed by atoms with Crippen LogP contribution >= 0.6 is 0 Å². The number of alkyl carbamates (subject to hydrolysis) is 2. The average molecular weight is 785 g/mol. The van der Waals surface area contributed by atoms with Gasteiger partial charge in [-0.05, 0) is 115 Å². The lowest BCUT2D eigenvalue weighted by molar-refractivity contribution is -0.197. The second-order valence-corrected chi connectivity index (χ2v) is 18.0. The van der Waals surface area contributed by atoms with Crippen molar-refractivity contribution >= 4 is 36.1 Å². The van der Waals surface area contributed by atoms with Crippen molar-refractivity contribution in [2.45, 2.75) is 128 Å². The van der Waals surface area contributed by atoms with Crippen molar-refractivity contribution in [3.63, 3.8) is 0 Å². The Bertz CT molecular complexity index is 1430. The van der Waals surface area contributed by atoms with Crippen molar-refractivity contribution in [3.05, 3.63) is 24.3 Å². The lowest BCUT2D eigenvalue weighted by atomic mass is 9.48. The van der Waals surface area contributed by atoms with Crippen LogP contribution in [0.2, 0.25) is 0 Å². The van der Waals surface area contributed by atoms with E-state index >= 15 is 0 Å². The molecular formula is C42H60N2O12. The van der Waals surface area contributed by atoms with Crippen molar-refractivity contribution < 1.29 is 57.2 Å². The molecule has 8 saturated carbocycles. The minimum Gasteiger partial charge on any atom is -0.462 e. The summed E-state index contributed by atoms with van der Waals surface area (Å²) in [7, 11) is 0. The van der Waals surface area contributed by atoms with Gasteiger partial charge in [0.25, 0.3) is 0 Å². The van der Waals surface area contributed by atoms with Crippen LogP contribution in [-0.4, -0.2) is 86.8 Å². The molecular weight excluding hydrogens is 724 g/mol. The van der Waals surface area contributed by atoms with Gasteiger partial charge >= 0.3 is 36.1 Å². The Morgan fingerprint density at radius 2 is 0.857 bits per heavy atom. The molecule has 4 unspecified atom stereocenters. The van der Waals surface area contributed by atoms with Gasteiger partial charge in [0, 0.05) is 37.1 Å². The summed E-state index contributed by atoms with van der Waals surface area (Å²) in [5.74, 6) is -0.437. The zero-order valence-corrected chi connectivity index (χ0v) is 33.2. The number of hydrogen-bond acceptors (Lipinski definition) is 12. The molecule has 8 rings (SSSR count). The number of carbonyl (C=O) groups excluding carboxylic acids is 6. The third-order valence-corrected chi connectivity index (χ3v) is 12.9. The molecule has 0 saturated heterocycles. The molecule has 4 atom stereocenters. The first-order valence-corrected chi connectivity index (χ1v) is 20.6. The zero-order chi connectivity index (χ0) is 40.1. The summed E-state index contributed by atoms with van der Waals surface area (Å²) in [6.45, 7) is 11.0. The van der Waals surface area contributed by atoms with Gasteiger partial charge in [0.15, 0.2) is 0 Å². The van der Waals surface area contributed by atoms with Crippen LogP contribution in [-0.2, 0) is 47.6 Å². The molecule has 8 aliphatic rings. The van der Waals surface area contributed by atoms with E-state index in [1.165, 1.54) is 0 Å². The van der Waals surface area contributed by atoms with Crippen LogP contribution in [0.4, 0.5) is 9.59 Å². The Balaban J connectivity index is 0.852. The van der Waals surface area contributed by atoms with Gasteiger partial charge in [-0.25, -0.2) is 19.2 Å². The second kappa shape index (κ2) is 17.2. The SMILES string of the molecule is C=C(C)C(=O)OCCOC(=O)C12CC3CC(CC(OC(=O)NCCCCCCNC(=O)OC45CC6CC(C4)CC(C(=O)OCCOC(=O)C(=C)C)(C6)C5)(C3)C1)C2. The Hall–Kier alpha value is -4.10. The monoisotopic (exact) mass is 784 g/mol. The van der Waals surface area contributed by atoms with E-state index in [0.717, 1.165) is 89.9 Å². The van der Waals surface area contributed by atoms with Crippen LogP contribution in [0.1, 0.15) is 117 Å². The largest absolute Gasteiger partial charge is 0.462 e. The maximum Gasteiger partial charge on any atom is 0.407 e. The number of nitrogens with one attached hydrogen (secondary N) is 2. The summed E-state index contributed by atoms with van der Waals surface area (Å²) in [5, 5.41) is 5.79. The molecule has 0 aromatic carbocycles. The fourth-order valence-electron chi connectivity index (χ4n) is 11.6. The van der Waals surface area contributed by atoms with E-state index in [2.05, 4.69) is 23.8 Å². The highest BCUT2D eigenvalue weighted by Crippen LogP contribution is 2.64. The number of unbranched alkanes of at least 4 members (excludes halogenated alkanes) is 3. The molecule has 8 aliphatic carbocycles. The van der Waals surface area contributed by atoms with E-state index in [1.807, 2.05) is 0 Å². The third kappa shape index (κ3) is 9.70. The molecule has 8 fully saturated rings. The molecule has 0 aromatic heterocycles. The topological polar surface area (TPSA) is 182 Å². The number of ether oxygens (including phenoxy) is 6. The quantitative estimate of drug-likeness (QED) is 0.0676. The zero-order valence-electron chi connectivity index (χ0n) is 33.2. The van der Waals surface area contributed by atoms with E-state index in [1.54, 1.807) is 13.8 Å². The van der Waals surface area contributed by atoms with Gasteiger partial charge < -0.3 is 39.1 Å². The van der Waals surface area contributed by atoms with E-state index in [-0.39, 0.29) is 49.5 Å². The van der Waals surface area contributed by atoms with E-state index in [4.69, 9.17) is 28.4 Å². The molecule has 0 aliphatic heterocycles. The highest BCUT2D eigenvalue weighted by molar-refractivity contribution is 5.87. The molecule has 2 N–H and O–H groups in total. The molecule has 0 spiro atoms. The number of carbonyl (C=O) groups is 6. The van der Waals surface area contributed by atoms with Gasteiger partial charge in [-0.3, -0.25) is 9.59 Å². The van der Waals surface area contributed by atoms with Crippen molar-refractivity contribution in [3.8, 4) is 0 Å². The molecule has 14 nitrogen and oxygen atoms in total. The van der Waals surface area contributed by atoms with Crippen molar-refractivity contribution in [2.24, 2.45) is 34.5 Å². The molecule has 310 valence electrons. The summed E-state index contributed by atoms with van der Waals surface area (Å²) in [5.41, 5.74) is -2.15. The second-order valence-electron chi connectivity index (χ2n) is 18.0. The molecule has 14 heteroatoms. The summed E-state index contributed by atoms with van der Waals surface area (Å²) in [6, 6.07) is 0. The summed E-state index contributed by atoms with van der Waals surface area (Å²) in [6.07, 6.45) is 11.2. The Morgan fingerprint density at radius 3 is 1.20 bits per heavy atom. The first-order chi connectivity index (χ1) is 26.6. The maximum absolute atomic E-state index is 13.3. The predicted molar refractivity (Wildman–Crippen MR) is 201 cm³/mol. The lowest BCUT2D eigenvalue weighted by Gasteiger charge is -2.59. The van der Waals surface area contributed by atoms with E-state index < -0.39 is 46.2 Å². The minimum atomic E-state index is -0.681. The third-order valence-electron chi connectivity index (χ3n) is 12.9. The fourth-order valence-corrected chi connectivity index (χ4v) is 11.6. The van der Waals surface area contributed by atoms with Crippen LogP contribution < -0.4 is 10.6 Å². The average Bonchev–Trinajstić information content (AvgIpc) is 3.10. The van der Waals surface area contributed by atoms with Crippen molar-refractivity contribution in [2.75, 3.05) is 39.5 Å². The van der Waals surface area contributed by atoms with E-state index in [0.29, 0.717) is 49.6 Å². The first-order valence-electron chi connectivity index (χ1n) is 20.6. The molecule has 56 heavy (non-hydrogen) atoms. The highest BCUT2D eigenvalue weighted by Gasteiger charge is 2.64. The first kappa shape index (κ1) is 41.5. The minimum absolute atomic E-state index is 0.0219. The normalized spacial score (nSPS) is 32.8. The van der Waals surface area contributed by atoms with Crippen molar-refractivity contribution in [1.82, 2.24) is 10.6 Å². The number of amides is 2. The van der Waals surface area contributed by atoms with Crippen LogP contribution in [0, 0.1) is 34.5 Å². The van der Waals surface area contributed by atoms with Gasteiger partial charge in [-0.1, -0.05) is 26.0 Å². The standard InChI is InChI=1S/C42H60N2O12/c1-27(2)33(45)51-11-13-53-35(47)39-17-29-15-30(18-39)22-41(21-29,25-39)55-37(49)43-9-7-5-6-8-10-44-38(50)56-42-23-31-16-32(24-42)20-40(19-31,26-42)36(48)54-14-12-52-34(46)28(3)4/h29-32H,1,3,5-26H2,2,4H3,(H,43,49)(H,44,50). The Kier molecular flexibility index (Phi) is 12.7. The number of hydrogen-bond donors (Lipinski definition) is 2. The summed E-state index contributed by atoms with van der Waals surface area (Å²) < 4.78 is 33.5. The lowest BCUT2D eigenvalue weighted by Crippen LogP contribution is -2.60. The number of esters is 4.